The molecule has 9 heteroatoms. The maximum atomic E-state index is 13.4. The zero-order valence-corrected chi connectivity index (χ0v) is 23.4. The van der Waals surface area contributed by atoms with Crippen LogP contribution in [0.1, 0.15) is 68.6 Å². The molecule has 3 aromatic rings. The van der Waals surface area contributed by atoms with E-state index in [0.717, 1.165) is 18.4 Å². The molecule has 0 saturated carbocycles. The zero-order valence-electron chi connectivity index (χ0n) is 22.6. The summed E-state index contributed by atoms with van der Waals surface area (Å²) in [6.07, 6.45) is 4.70. The van der Waals surface area contributed by atoms with Gasteiger partial charge in [-0.1, -0.05) is 62.7 Å². The minimum atomic E-state index is -4.01. The number of esters is 1. The van der Waals surface area contributed by atoms with Crippen molar-refractivity contribution in [1.82, 2.24) is 4.98 Å². The van der Waals surface area contributed by atoms with Crippen LogP contribution in [-0.4, -0.2) is 30.1 Å². The number of sulfonamides is 1. The fourth-order valence-corrected chi connectivity index (χ4v) is 6.24. The van der Waals surface area contributed by atoms with E-state index in [4.69, 9.17) is 10.00 Å². The Hall–Kier alpha value is -4.16. The van der Waals surface area contributed by atoms with E-state index in [9.17, 15) is 18.3 Å². The molecule has 0 amide bonds. The first kappa shape index (κ1) is 28.8. The van der Waals surface area contributed by atoms with Gasteiger partial charge in [0.25, 0.3) is 10.0 Å². The van der Waals surface area contributed by atoms with Gasteiger partial charge in [-0.15, -0.1) is 0 Å². The summed E-state index contributed by atoms with van der Waals surface area (Å²) in [5.41, 5.74) is 1.78. The summed E-state index contributed by atoms with van der Waals surface area (Å²) in [4.78, 5) is 17.3. The van der Waals surface area contributed by atoms with Crippen LogP contribution in [0.4, 0.5) is 5.69 Å². The van der Waals surface area contributed by atoms with Crippen molar-refractivity contribution in [3.05, 3.63) is 101 Å². The topological polar surface area (TPSA) is 129 Å². The molecule has 0 bridgehead atoms. The molecule has 4 rings (SSSR count). The van der Waals surface area contributed by atoms with Crippen LogP contribution in [-0.2, 0) is 26.0 Å². The SMILES string of the molecule is CCC[C@@]1(CCc2ccccc2)CC(O)=C([C@H](CC)c2cccc(NS(=O)(=O)c3ccc(C#N)cn3)c2)C(=O)O1. The average molecular weight is 560 g/mol. The largest absolute Gasteiger partial charge is 0.512 e. The van der Waals surface area contributed by atoms with Gasteiger partial charge in [0.05, 0.1) is 11.1 Å². The standard InChI is InChI=1S/C31H33N3O5S/c1-3-16-31(17-15-22-9-6-5-7-10-22)19-27(35)29(30(36)39-31)26(4-2)24-11-8-12-25(18-24)34-40(37,38)28-14-13-23(20-32)21-33-28/h5-14,18,21,26,34-35H,3-4,15-17,19H2,1-2H3/t26-,31-/m1/s1. The lowest BCUT2D eigenvalue weighted by Gasteiger charge is -2.38. The number of rotatable bonds is 11. The monoisotopic (exact) mass is 559 g/mol. The second kappa shape index (κ2) is 12.3. The minimum absolute atomic E-state index is 0.0254. The Morgan fingerprint density at radius 1 is 1.10 bits per heavy atom. The van der Waals surface area contributed by atoms with Gasteiger partial charge in [0, 0.05) is 24.2 Å². The molecule has 0 saturated heterocycles. The Labute approximate surface area is 235 Å². The molecule has 0 fully saturated rings. The third-order valence-electron chi connectivity index (χ3n) is 7.19. The first-order valence-corrected chi connectivity index (χ1v) is 14.9. The molecule has 0 radical (unpaired) electrons. The van der Waals surface area contributed by atoms with E-state index in [1.165, 1.54) is 18.3 Å². The minimum Gasteiger partial charge on any atom is -0.512 e. The normalized spacial score (nSPS) is 18.1. The highest BCUT2D eigenvalue weighted by molar-refractivity contribution is 7.92. The summed E-state index contributed by atoms with van der Waals surface area (Å²) in [5.74, 6) is -0.999. The fraction of sp³-hybridized carbons (Fsp3) is 0.323. The molecular formula is C31H33N3O5S. The Bertz CT molecular complexity index is 1530. The Morgan fingerprint density at radius 3 is 2.50 bits per heavy atom. The van der Waals surface area contributed by atoms with Gasteiger partial charge in [0.15, 0.2) is 5.03 Å². The van der Waals surface area contributed by atoms with Gasteiger partial charge in [-0.05, 0) is 61.1 Å². The lowest BCUT2D eigenvalue weighted by molar-refractivity contribution is -0.161. The van der Waals surface area contributed by atoms with Gasteiger partial charge in [-0.2, -0.15) is 13.7 Å². The summed E-state index contributed by atoms with van der Waals surface area (Å²) in [6.45, 7) is 3.93. The number of aryl methyl sites for hydroxylation is 1. The number of aromatic nitrogens is 1. The predicted octanol–water partition coefficient (Wildman–Crippen LogP) is 6.18. The van der Waals surface area contributed by atoms with Crippen molar-refractivity contribution in [1.29, 1.82) is 5.26 Å². The Kier molecular flexibility index (Phi) is 8.90. The van der Waals surface area contributed by atoms with Crippen LogP contribution in [0.5, 0.6) is 0 Å². The molecule has 8 nitrogen and oxygen atoms in total. The highest BCUT2D eigenvalue weighted by atomic mass is 32.2. The van der Waals surface area contributed by atoms with Crippen LogP contribution in [0.15, 0.2) is 89.3 Å². The van der Waals surface area contributed by atoms with Crippen LogP contribution in [0.3, 0.4) is 0 Å². The van der Waals surface area contributed by atoms with Crippen LogP contribution >= 0.6 is 0 Å². The number of hydrogen-bond acceptors (Lipinski definition) is 7. The smallest absolute Gasteiger partial charge is 0.338 e. The van der Waals surface area contributed by atoms with E-state index in [2.05, 4.69) is 9.71 Å². The van der Waals surface area contributed by atoms with Gasteiger partial charge < -0.3 is 9.84 Å². The van der Waals surface area contributed by atoms with Crippen molar-refractivity contribution in [2.24, 2.45) is 0 Å². The summed E-state index contributed by atoms with van der Waals surface area (Å²) in [6, 6.07) is 21.3. The lowest BCUT2D eigenvalue weighted by Crippen LogP contribution is -2.41. The lowest BCUT2D eigenvalue weighted by atomic mass is 9.80. The second-order valence-corrected chi connectivity index (χ2v) is 11.7. The Morgan fingerprint density at radius 2 is 1.88 bits per heavy atom. The van der Waals surface area contributed by atoms with Crippen molar-refractivity contribution in [3.63, 3.8) is 0 Å². The number of aliphatic hydroxyl groups is 1. The molecule has 1 aromatic heterocycles. The van der Waals surface area contributed by atoms with Crippen molar-refractivity contribution in [2.75, 3.05) is 4.72 Å². The van der Waals surface area contributed by atoms with Crippen molar-refractivity contribution < 1.29 is 23.1 Å². The Balaban J connectivity index is 1.58. The van der Waals surface area contributed by atoms with Gasteiger partial charge in [-0.3, -0.25) is 4.72 Å². The quantitative estimate of drug-likeness (QED) is 0.268. The van der Waals surface area contributed by atoms with Crippen LogP contribution in [0.25, 0.3) is 0 Å². The molecule has 2 N–H and O–H groups in total. The third kappa shape index (κ3) is 6.52. The number of ether oxygens (including phenoxy) is 1. The van der Waals surface area contributed by atoms with Crippen LogP contribution in [0.2, 0.25) is 0 Å². The number of nitrogens with one attached hydrogen (secondary N) is 1. The number of nitrogens with zero attached hydrogens (tertiary/aromatic N) is 2. The molecule has 0 spiro atoms. The van der Waals surface area contributed by atoms with E-state index in [0.29, 0.717) is 24.8 Å². The molecule has 1 aliphatic rings. The first-order chi connectivity index (χ1) is 19.2. The van der Waals surface area contributed by atoms with Crippen molar-refractivity contribution >= 4 is 21.7 Å². The van der Waals surface area contributed by atoms with Crippen LogP contribution in [0, 0.1) is 11.3 Å². The number of carbonyl (C=O) groups excluding carboxylic acids is 1. The molecule has 208 valence electrons. The molecule has 0 unspecified atom stereocenters. The highest BCUT2D eigenvalue weighted by Crippen LogP contribution is 2.42. The summed E-state index contributed by atoms with van der Waals surface area (Å²) >= 11 is 0. The summed E-state index contributed by atoms with van der Waals surface area (Å²) < 4.78 is 34.4. The first-order valence-electron chi connectivity index (χ1n) is 13.4. The van der Waals surface area contributed by atoms with Gasteiger partial charge in [-0.25, -0.2) is 9.78 Å². The van der Waals surface area contributed by atoms with E-state index in [1.807, 2.05) is 50.2 Å². The van der Waals surface area contributed by atoms with Crippen LogP contribution < -0.4 is 4.72 Å². The number of benzene rings is 2. The molecule has 2 heterocycles. The molecule has 1 aliphatic heterocycles. The van der Waals surface area contributed by atoms with E-state index < -0.39 is 27.5 Å². The number of nitriles is 1. The van der Waals surface area contributed by atoms with Crippen molar-refractivity contribution in [2.45, 2.75) is 68.9 Å². The maximum Gasteiger partial charge on any atom is 0.338 e. The third-order valence-corrected chi connectivity index (χ3v) is 8.48. The fourth-order valence-electron chi connectivity index (χ4n) is 5.26. The summed E-state index contributed by atoms with van der Waals surface area (Å²) in [5, 5.41) is 20.0. The number of carbonyl (C=O) groups is 1. The molecular weight excluding hydrogens is 526 g/mol. The van der Waals surface area contributed by atoms with E-state index >= 15 is 0 Å². The van der Waals surface area contributed by atoms with Crippen molar-refractivity contribution in [3.8, 4) is 6.07 Å². The van der Waals surface area contributed by atoms with Gasteiger partial charge >= 0.3 is 5.97 Å². The average Bonchev–Trinajstić information content (AvgIpc) is 2.94. The molecule has 0 aliphatic carbocycles. The number of cyclic esters (lactones) is 1. The number of pyridine rings is 1. The molecule has 2 atom stereocenters. The molecule has 2 aromatic carbocycles. The molecule has 40 heavy (non-hydrogen) atoms. The summed E-state index contributed by atoms with van der Waals surface area (Å²) in [7, 11) is -4.01. The maximum absolute atomic E-state index is 13.4. The van der Waals surface area contributed by atoms with E-state index in [1.54, 1.807) is 24.3 Å². The number of aliphatic hydroxyl groups excluding tert-OH is 1. The predicted molar refractivity (Wildman–Crippen MR) is 152 cm³/mol. The number of anilines is 1. The highest BCUT2D eigenvalue weighted by Gasteiger charge is 2.43. The van der Waals surface area contributed by atoms with E-state index in [-0.39, 0.29) is 34.0 Å². The van der Waals surface area contributed by atoms with Gasteiger partial charge in [0.2, 0.25) is 0 Å². The second-order valence-electron chi connectivity index (χ2n) is 10.0. The zero-order chi connectivity index (χ0) is 28.8. The number of hydrogen-bond donors (Lipinski definition) is 2. The van der Waals surface area contributed by atoms with Gasteiger partial charge in [0.1, 0.15) is 17.4 Å².